The van der Waals surface area contributed by atoms with E-state index in [0.29, 0.717) is 22.3 Å². The molecule has 0 spiro atoms. The van der Waals surface area contributed by atoms with Crippen molar-refractivity contribution in [3.63, 3.8) is 0 Å². The number of hydrogen-bond acceptors (Lipinski definition) is 3. The minimum absolute atomic E-state index is 0.330. The molecule has 4 nitrogen and oxygen atoms in total. The maximum Gasteiger partial charge on any atom is 0.124 e. The minimum Gasteiger partial charge on any atom is -0.497 e. The second-order valence-electron chi connectivity index (χ2n) is 6.86. The van der Waals surface area contributed by atoms with Gasteiger partial charge in [-0.15, -0.1) is 0 Å². The topological polar surface area (TPSA) is 36.3 Å². The summed E-state index contributed by atoms with van der Waals surface area (Å²) in [6.45, 7) is 0.330. The number of rotatable bonds is 6. The summed E-state index contributed by atoms with van der Waals surface area (Å²) in [6, 6.07) is 19.4. The van der Waals surface area contributed by atoms with Gasteiger partial charge in [-0.2, -0.15) is 5.10 Å². The Labute approximate surface area is 189 Å². The Bertz CT molecular complexity index is 1210. The lowest BCUT2D eigenvalue weighted by molar-refractivity contribution is 0.414. The van der Waals surface area contributed by atoms with Gasteiger partial charge in [0.2, 0.25) is 0 Å². The van der Waals surface area contributed by atoms with Crippen LogP contribution in [0.5, 0.6) is 11.5 Å². The number of halogens is 3. The van der Waals surface area contributed by atoms with Crippen LogP contribution in [-0.2, 0) is 6.54 Å². The summed E-state index contributed by atoms with van der Waals surface area (Å²) >= 11 is 13.1. The molecule has 1 heterocycles. The zero-order valence-corrected chi connectivity index (χ0v) is 18.4. The van der Waals surface area contributed by atoms with Crippen molar-refractivity contribution >= 4 is 23.2 Å². The molecule has 0 bridgehead atoms. The lowest BCUT2D eigenvalue weighted by atomic mass is 10.1. The molecular formula is C24H19Cl2FN2O2. The van der Waals surface area contributed by atoms with Crippen LogP contribution >= 0.6 is 23.2 Å². The molecule has 31 heavy (non-hydrogen) atoms. The maximum atomic E-state index is 13.5. The maximum absolute atomic E-state index is 13.5. The molecule has 4 aromatic rings. The lowest BCUT2D eigenvalue weighted by Gasteiger charge is -2.10. The normalized spacial score (nSPS) is 10.9. The molecule has 1 aromatic heterocycles. The first-order valence-corrected chi connectivity index (χ1v) is 10.2. The first kappa shape index (κ1) is 21.2. The van der Waals surface area contributed by atoms with Gasteiger partial charge in [-0.05, 0) is 66.2 Å². The molecule has 158 valence electrons. The number of methoxy groups -OCH3 is 2. The van der Waals surface area contributed by atoms with E-state index in [1.807, 2.05) is 48.5 Å². The third-order valence-electron chi connectivity index (χ3n) is 4.96. The van der Waals surface area contributed by atoms with Crippen LogP contribution in [0.1, 0.15) is 5.56 Å². The highest BCUT2D eigenvalue weighted by molar-refractivity contribution is 6.35. The second kappa shape index (κ2) is 9.00. The minimum atomic E-state index is -0.387. The van der Waals surface area contributed by atoms with Gasteiger partial charge in [0.25, 0.3) is 0 Å². The Morgan fingerprint density at radius 3 is 1.97 bits per heavy atom. The molecule has 0 aliphatic carbocycles. The van der Waals surface area contributed by atoms with Gasteiger partial charge in [-0.1, -0.05) is 29.3 Å². The van der Waals surface area contributed by atoms with E-state index in [9.17, 15) is 4.39 Å². The fraction of sp³-hybridized carbons (Fsp3) is 0.125. The summed E-state index contributed by atoms with van der Waals surface area (Å²) in [5.41, 5.74) is 3.82. The van der Waals surface area contributed by atoms with Crippen LogP contribution in [0, 0.1) is 5.82 Å². The largest absolute Gasteiger partial charge is 0.497 e. The van der Waals surface area contributed by atoms with Crippen LogP contribution in [0.25, 0.3) is 22.5 Å². The van der Waals surface area contributed by atoms with Gasteiger partial charge >= 0.3 is 0 Å². The molecule has 7 heteroatoms. The Morgan fingerprint density at radius 2 is 1.42 bits per heavy atom. The summed E-state index contributed by atoms with van der Waals surface area (Å²) in [5.74, 6) is 1.09. The zero-order valence-electron chi connectivity index (χ0n) is 16.9. The highest BCUT2D eigenvalue weighted by atomic mass is 35.5. The average Bonchev–Trinajstić information content (AvgIpc) is 3.11. The van der Waals surface area contributed by atoms with Gasteiger partial charge in [0.15, 0.2) is 0 Å². The number of hydrogen-bond donors (Lipinski definition) is 0. The van der Waals surface area contributed by atoms with E-state index in [-0.39, 0.29) is 5.82 Å². The van der Waals surface area contributed by atoms with Crippen molar-refractivity contribution in [1.29, 1.82) is 0 Å². The monoisotopic (exact) mass is 456 g/mol. The standard InChI is InChI=1S/C24H19Cl2FN2O2/c1-30-19-9-4-15(5-10-19)23-22(26)24(16-6-11-20(31-2)12-7-16)29(28-23)14-17-3-8-18(27)13-21(17)25/h3-13H,14H2,1-2H3. The van der Waals surface area contributed by atoms with E-state index < -0.39 is 0 Å². The molecule has 0 atom stereocenters. The van der Waals surface area contributed by atoms with Gasteiger partial charge in [0, 0.05) is 16.1 Å². The van der Waals surface area contributed by atoms with Crippen molar-refractivity contribution in [3.8, 4) is 34.0 Å². The van der Waals surface area contributed by atoms with E-state index in [1.165, 1.54) is 12.1 Å². The van der Waals surface area contributed by atoms with Crippen LogP contribution < -0.4 is 9.47 Å². The van der Waals surface area contributed by atoms with E-state index in [4.69, 9.17) is 37.8 Å². The van der Waals surface area contributed by atoms with Crippen molar-refractivity contribution in [2.24, 2.45) is 0 Å². The molecule has 0 aliphatic heterocycles. The Kier molecular flexibility index (Phi) is 6.16. The molecule has 4 rings (SSSR count). The van der Waals surface area contributed by atoms with Crippen molar-refractivity contribution in [3.05, 3.63) is 88.2 Å². The molecule has 3 aromatic carbocycles. The van der Waals surface area contributed by atoms with Gasteiger partial charge in [-0.25, -0.2) is 4.39 Å². The molecule has 0 saturated carbocycles. The SMILES string of the molecule is COc1ccc(-c2nn(Cc3ccc(F)cc3Cl)c(-c3ccc(OC)cc3)c2Cl)cc1. The van der Waals surface area contributed by atoms with Crippen LogP contribution in [-0.4, -0.2) is 24.0 Å². The number of ether oxygens (including phenoxy) is 2. The zero-order chi connectivity index (χ0) is 22.0. The quantitative estimate of drug-likeness (QED) is 0.322. The van der Waals surface area contributed by atoms with E-state index >= 15 is 0 Å². The third kappa shape index (κ3) is 4.38. The van der Waals surface area contributed by atoms with E-state index in [2.05, 4.69) is 0 Å². The summed E-state index contributed by atoms with van der Waals surface area (Å²) in [6.07, 6.45) is 0. The van der Waals surface area contributed by atoms with E-state index in [1.54, 1.807) is 25.0 Å². The Morgan fingerprint density at radius 1 is 0.839 bits per heavy atom. The Balaban J connectivity index is 1.84. The van der Waals surface area contributed by atoms with Crippen LogP contribution in [0.2, 0.25) is 10.0 Å². The highest BCUT2D eigenvalue weighted by Gasteiger charge is 2.20. The molecule has 0 saturated heterocycles. The average molecular weight is 457 g/mol. The second-order valence-corrected chi connectivity index (χ2v) is 7.65. The van der Waals surface area contributed by atoms with Crippen molar-refractivity contribution in [2.45, 2.75) is 6.54 Å². The molecule has 0 N–H and O–H groups in total. The molecule has 0 aliphatic rings. The number of benzene rings is 3. The molecule has 0 radical (unpaired) electrons. The summed E-state index contributed by atoms with van der Waals surface area (Å²) in [7, 11) is 3.23. The van der Waals surface area contributed by atoms with E-state index in [0.717, 1.165) is 33.9 Å². The molecule has 0 fully saturated rings. The van der Waals surface area contributed by atoms with Gasteiger partial charge < -0.3 is 9.47 Å². The first-order valence-electron chi connectivity index (χ1n) is 9.49. The molecule has 0 unspecified atom stereocenters. The summed E-state index contributed by atoms with van der Waals surface area (Å²) in [4.78, 5) is 0. The lowest BCUT2D eigenvalue weighted by Crippen LogP contribution is -2.05. The highest BCUT2D eigenvalue weighted by Crippen LogP contribution is 2.38. The summed E-state index contributed by atoms with van der Waals surface area (Å²) < 4.78 is 25.8. The number of nitrogens with zero attached hydrogens (tertiary/aromatic N) is 2. The molecular weight excluding hydrogens is 438 g/mol. The summed E-state index contributed by atoms with van der Waals surface area (Å²) in [5, 5.41) is 5.61. The fourth-order valence-corrected chi connectivity index (χ4v) is 3.90. The van der Waals surface area contributed by atoms with Gasteiger partial charge in [0.1, 0.15) is 23.0 Å². The van der Waals surface area contributed by atoms with Crippen LogP contribution in [0.4, 0.5) is 4.39 Å². The van der Waals surface area contributed by atoms with Crippen molar-refractivity contribution < 1.29 is 13.9 Å². The third-order valence-corrected chi connectivity index (χ3v) is 5.67. The van der Waals surface area contributed by atoms with Crippen LogP contribution in [0.3, 0.4) is 0 Å². The molecule has 0 amide bonds. The van der Waals surface area contributed by atoms with Crippen molar-refractivity contribution in [1.82, 2.24) is 9.78 Å². The van der Waals surface area contributed by atoms with Crippen molar-refractivity contribution in [2.75, 3.05) is 14.2 Å². The number of aromatic nitrogens is 2. The van der Waals surface area contributed by atoms with Crippen LogP contribution in [0.15, 0.2) is 66.7 Å². The van der Waals surface area contributed by atoms with Gasteiger partial charge in [0.05, 0.1) is 31.5 Å². The Hall–Kier alpha value is -3.02. The predicted molar refractivity (Wildman–Crippen MR) is 122 cm³/mol. The smallest absolute Gasteiger partial charge is 0.124 e. The first-order chi connectivity index (χ1) is 15.0. The fourth-order valence-electron chi connectivity index (χ4n) is 3.32. The van der Waals surface area contributed by atoms with Gasteiger partial charge in [-0.3, -0.25) is 4.68 Å². The predicted octanol–water partition coefficient (Wildman–Crippen LogP) is 6.73.